The molecule has 2 atom stereocenters. The Morgan fingerprint density at radius 3 is 3.14 bits per heavy atom. The van der Waals surface area contributed by atoms with Crippen molar-refractivity contribution in [3.63, 3.8) is 0 Å². The number of carbonyl (C=O) groups is 2. The van der Waals surface area contributed by atoms with Gasteiger partial charge in [-0.2, -0.15) is 5.10 Å². The average molecular weight is 292 g/mol. The zero-order valence-electron chi connectivity index (χ0n) is 11.9. The monoisotopic (exact) mass is 292 g/mol. The number of nitrogens with one attached hydrogen (secondary N) is 2. The molecule has 2 aliphatic rings. The summed E-state index contributed by atoms with van der Waals surface area (Å²) in [5.41, 5.74) is 0.690. The van der Waals surface area contributed by atoms with Crippen molar-refractivity contribution in [3.8, 4) is 0 Å². The molecule has 2 unspecified atom stereocenters. The maximum Gasteiger partial charge on any atom is 0.229 e. The Morgan fingerprint density at radius 1 is 1.52 bits per heavy atom. The van der Waals surface area contributed by atoms with E-state index in [0.717, 1.165) is 26.0 Å². The van der Waals surface area contributed by atoms with Crippen LogP contribution in [0.2, 0.25) is 0 Å². The Labute approximate surface area is 123 Å². The second-order valence-electron chi connectivity index (χ2n) is 5.62. The van der Waals surface area contributed by atoms with E-state index in [1.54, 1.807) is 10.9 Å². The molecule has 2 fully saturated rings. The van der Waals surface area contributed by atoms with Gasteiger partial charge < -0.3 is 15.4 Å². The quantitative estimate of drug-likeness (QED) is 0.847. The molecule has 0 radical (unpaired) electrons. The van der Waals surface area contributed by atoms with Gasteiger partial charge in [0, 0.05) is 25.8 Å². The number of amides is 2. The Hall–Kier alpha value is -1.89. The van der Waals surface area contributed by atoms with E-state index in [2.05, 4.69) is 15.7 Å². The summed E-state index contributed by atoms with van der Waals surface area (Å²) in [5, 5.41) is 9.81. The lowest BCUT2D eigenvalue weighted by atomic mass is 9.98. The van der Waals surface area contributed by atoms with Crippen LogP contribution in [0.1, 0.15) is 25.7 Å². The molecule has 0 bridgehead atoms. The summed E-state index contributed by atoms with van der Waals surface area (Å²) in [6, 6.07) is 0. The summed E-state index contributed by atoms with van der Waals surface area (Å²) in [6.45, 7) is 1.95. The van der Waals surface area contributed by atoms with Gasteiger partial charge in [0.05, 0.1) is 30.5 Å². The third-order valence-corrected chi connectivity index (χ3v) is 3.95. The van der Waals surface area contributed by atoms with Gasteiger partial charge in [-0.3, -0.25) is 14.3 Å². The fourth-order valence-corrected chi connectivity index (χ4v) is 2.73. The van der Waals surface area contributed by atoms with E-state index >= 15 is 0 Å². The summed E-state index contributed by atoms with van der Waals surface area (Å²) in [7, 11) is 0. The fourth-order valence-electron chi connectivity index (χ4n) is 2.73. The lowest BCUT2D eigenvalue weighted by Gasteiger charge is -2.21. The second kappa shape index (κ2) is 6.26. The highest BCUT2D eigenvalue weighted by molar-refractivity contribution is 5.93. The van der Waals surface area contributed by atoms with Gasteiger partial charge in [0.2, 0.25) is 11.8 Å². The molecular formula is C14H20N4O3. The topological polar surface area (TPSA) is 85.2 Å². The third-order valence-electron chi connectivity index (χ3n) is 3.95. The zero-order chi connectivity index (χ0) is 14.7. The van der Waals surface area contributed by atoms with Crippen LogP contribution in [-0.4, -0.2) is 40.9 Å². The maximum absolute atomic E-state index is 12.1. The van der Waals surface area contributed by atoms with Gasteiger partial charge in [-0.25, -0.2) is 0 Å². The standard InChI is InChI=1S/C14H20N4O3/c19-13-4-3-10(6-15-13)14(20)17-11-7-16-18(8-11)9-12-2-1-5-21-12/h7-8,10,12H,1-6,9H2,(H,15,19)(H,17,20). The van der Waals surface area contributed by atoms with Crippen LogP contribution in [0.5, 0.6) is 0 Å². The van der Waals surface area contributed by atoms with E-state index in [0.29, 0.717) is 25.1 Å². The van der Waals surface area contributed by atoms with Crippen LogP contribution in [0, 0.1) is 5.92 Å². The summed E-state index contributed by atoms with van der Waals surface area (Å²) in [4.78, 5) is 23.2. The number of aromatic nitrogens is 2. The molecule has 0 saturated carbocycles. The first-order valence-corrected chi connectivity index (χ1v) is 7.42. The highest BCUT2D eigenvalue weighted by Crippen LogP contribution is 2.16. The lowest BCUT2D eigenvalue weighted by molar-refractivity contribution is -0.126. The Morgan fingerprint density at radius 2 is 2.43 bits per heavy atom. The molecule has 2 N–H and O–H groups in total. The summed E-state index contributed by atoms with van der Waals surface area (Å²) >= 11 is 0. The molecule has 21 heavy (non-hydrogen) atoms. The van der Waals surface area contributed by atoms with E-state index in [1.807, 2.05) is 6.20 Å². The highest BCUT2D eigenvalue weighted by atomic mass is 16.5. The van der Waals surface area contributed by atoms with Crippen molar-refractivity contribution in [3.05, 3.63) is 12.4 Å². The third kappa shape index (κ3) is 3.60. The zero-order valence-corrected chi connectivity index (χ0v) is 11.9. The Kier molecular flexibility index (Phi) is 4.19. The normalized spacial score (nSPS) is 25.6. The van der Waals surface area contributed by atoms with Crippen molar-refractivity contribution in [1.82, 2.24) is 15.1 Å². The fraction of sp³-hybridized carbons (Fsp3) is 0.643. The molecule has 2 aliphatic heterocycles. The van der Waals surface area contributed by atoms with Crippen molar-refractivity contribution < 1.29 is 14.3 Å². The van der Waals surface area contributed by atoms with Crippen LogP contribution >= 0.6 is 0 Å². The molecule has 2 amide bonds. The molecule has 114 valence electrons. The van der Waals surface area contributed by atoms with E-state index in [4.69, 9.17) is 4.74 Å². The molecule has 7 heteroatoms. The predicted octanol–water partition coefficient (Wildman–Crippen LogP) is 0.527. The first-order valence-electron chi connectivity index (χ1n) is 7.42. The first kappa shape index (κ1) is 14.1. The largest absolute Gasteiger partial charge is 0.376 e. The molecule has 7 nitrogen and oxygen atoms in total. The van der Waals surface area contributed by atoms with Gasteiger partial charge in [-0.1, -0.05) is 0 Å². The van der Waals surface area contributed by atoms with Crippen molar-refractivity contribution in [1.29, 1.82) is 0 Å². The number of rotatable bonds is 4. The van der Waals surface area contributed by atoms with Crippen molar-refractivity contribution in [2.45, 2.75) is 38.3 Å². The van der Waals surface area contributed by atoms with Crippen LogP contribution in [-0.2, 0) is 20.9 Å². The molecule has 1 aromatic heterocycles. The predicted molar refractivity (Wildman–Crippen MR) is 75.6 cm³/mol. The van der Waals surface area contributed by atoms with E-state index in [-0.39, 0.29) is 23.8 Å². The molecule has 3 rings (SSSR count). The smallest absolute Gasteiger partial charge is 0.229 e. The van der Waals surface area contributed by atoms with E-state index in [1.165, 1.54) is 0 Å². The maximum atomic E-state index is 12.1. The lowest BCUT2D eigenvalue weighted by Crippen LogP contribution is -2.40. The van der Waals surface area contributed by atoms with Gasteiger partial charge in [0.15, 0.2) is 0 Å². The van der Waals surface area contributed by atoms with E-state index in [9.17, 15) is 9.59 Å². The molecule has 0 aliphatic carbocycles. The number of piperidine rings is 1. The number of anilines is 1. The van der Waals surface area contributed by atoms with Gasteiger partial charge in [0.25, 0.3) is 0 Å². The molecule has 1 aromatic rings. The van der Waals surface area contributed by atoms with Gasteiger partial charge in [0.1, 0.15) is 0 Å². The highest BCUT2D eigenvalue weighted by Gasteiger charge is 2.24. The van der Waals surface area contributed by atoms with Gasteiger partial charge >= 0.3 is 0 Å². The summed E-state index contributed by atoms with van der Waals surface area (Å²) in [6.07, 6.45) is 6.86. The van der Waals surface area contributed by atoms with Crippen LogP contribution in [0.25, 0.3) is 0 Å². The average Bonchev–Trinajstić information content (AvgIpc) is 3.12. The Bertz CT molecular complexity index is 512. The molecule has 3 heterocycles. The van der Waals surface area contributed by atoms with Crippen molar-refractivity contribution in [2.24, 2.45) is 5.92 Å². The number of hydrogen-bond acceptors (Lipinski definition) is 4. The molecular weight excluding hydrogens is 272 g/mol. The molecule has 0 aromatic carbocycles. The minimum atomic E-state index is -0.163. The van der Waals surface area contributed by atoms with Crippen LogP contribution in [0.4, 0.5) is 5.69 Å². The number of ether oxygens (including phenoxy) is 1. The van der Waals surface area contributed by atoms with Crippen LogP contribution in [0.3, 0.4) is 0 Å². The molecule has 0 spiro atoms. The molecule has 2 saturated heterocycles. The number of nitrogens with zero attached hydrogens (tertiary/aromatic N) is 2. The SMILES string of the molecule is O=C1CCC(C(=O)Nc2cnn(CC3CCCO3)c2)CN1. The minimum absolute atomic E-state index is 0.0171. The van der Waals surface area contributed by atoms with Crippen LogP contribution in [0.15, 0.2) is 12.4 Å². The van der Waals surface area contributed by atoms with Gasteiger partial charge in [-0.05, 0) is 19.3 Å². The van der Waals surface area contributed by atoms with Crippen molar-refractivity contribution >= 4 is 17.5 Å². The van der Waals surface area contributed by atoms with Crippen molar-refractivity contribution in [2.75, 3.05) is 18.5 Å². The number of hydrogen-bond donors (Lipinski definition) is 2. The number of carbonyl (C=O) groups excluding carboxylic acids is 2. The van der Waals surface area contributed by atoms with Gasteiger partial charge in [-0.15, -0.1) is 0 Å². The van der Waals surface area contributed by atoms with E-state index < -0.39 is 0 Å². The first-order chi connectivity index (χ1) is 10.2. The summed E-state index contributed by atoms with van der Waals surface area (Å²) < 4.78 is 7.36. The second-order valence-corrected chi connectivity index (χ2v) is 5.62. The summed E-state index contributed by atoms with van der Waals surface area (Å²) in [5.74, 6) is -0.209. The Balaban J connectivity index is 1.51. The van der Waals surface area contributed by atoms with Crippen LogP contribution < -0.4 is 10.6 Å². The minimum Gasteiger partial charge on any atom is -0.376 e.